The summed E-state index contributed by atoms with van der Waals surface area (Å²) in [6.07, 6.45) is 8.02. The topological polar surface area (TPSA) is 67.2 Å². The molecule has 4 rings (SSSR count). The molecule has 2 aliphatic rings. The van der Waals surface area contributed by atoms with Crippen molar-refractivity contribution in [1.29, 1.82) is 0 Å². The Hall–Kier alpha value is -2.14. The molecule has 2 aromatic rings. The number of imidazole rings is 1. The van der Waals surface area contributed by atoms with Gasteiger partial charge in [0, 0.05) is 18.5 Å². The third kappa shape index (κ3) is 3.09. The van der Waals surface area contributed by atoms with Crippen LogP contribution in [0, 0.1) is 5.92 Å². The van der Waals surface area contributed by atoms with E-state index >= 15 is 0 Å². The van der Waals surface area contributed by atoms with E-state index in [1.54, 1.807) is 6.92 Å². The van der Waals surface area contributed by atoms with Gasteiger partial charge < -0.3 is 15.0 Å². The van der Waals surface area contributed by atoms with E-state index in [4.69, 9.17) is 0 Å². The summed E-state index contributed by atoms with van der Waals surface area (Å²) in [7, 11) is 0. The Bertz CT molecular complexity index is 762. The SMILES string of the molecule is CC(=O)NC1CCC(C(O)CC2c3ccccc3-c3cncn32)CC1. The summed E-state index contributed by atoms with van der Waals surface area (Å²) in [5.74, 6) is 0.351. The molecule has 1 aliphatic carbocycles. The fourth-order valence-electron chi connectivity index (χ4n) is 4.53. The maximum atomic E-state index is 11.2. The van der Waals surface area contributed by atoms with E-state index < -0.39 is 0 Å². The molecule has 1 aromatic heterocycles. The molecule has 1 saturated carbocycles. The second kappa shape index (κ2) is 6.64. The maximum Gasteiger partial charge on any atom is 0.217 e. The molecule has 2 N–H and O–H groups in total. The second-order valence-corrected chi connectivity index (χ2v) is 7.40. The van der Waals surface area contributed by atoms with Crippen LogP contribution in [-0.2, 0) is 4.79 Å². The number of aromatic nitrogens is 2. The van der Waals surface area contributed by atoms with Gasteiger partial charge in [-0.15, -0.1) is 0 Å². The molecule has 0 saturated heterocycles. The molecule has 5 heteroatoms. The highest BCUT2D eigenvalue weighted by molar-refractivity contribution is 5.73. The molecular formula is C20H25N3O2. The zero-order valence-corrected chi connectivity index (χ0v) is 14.6. The fourth-order valence-corrected chi connectivity index (χ4v) is 4.53. The van der Waals surface area contributed by atoms with E-state index in [1.807, 2.05) is 12.5 Å². The van der Waals surface area contributed by atoms with E-state index in [2.05, 4.69) is 39.1 Å². The molecular weight excluding hydrogens is 314 g/mol. The van der Waals surface area contributed by atoms with Crippen LogP contribution in [0.4, 0.5) is 0 Å². The Kier molecular flexibility index (Phi) is 4.34. The molecule has 1 fully saturated rings. The van der Waals surface area contributed by atoms with Gasteiger partial charge in [-0.05, 0) is 43.6 Å². The van der Waals surface area contributed by atoms with Crippen LogP contribution in [0.3, 0.4) is 0 Å². The second-order valence-electron chi connectivity index (χ2n) is 7.40. The largest absolute Gasteiger partial charge is 0.393 e. The molecule has 132 valence electrons. The lowest BCUT2D eigenvalue weighted by Crippen LogP contribution is -2.38. The van der Waals surface area contributed by atoms with Crippen molar-refractivity contribution in [3.8, 4) is 11.3 Å². The van der Waals surface area contributed by atoms with Gasteiger partial charge in [0.1, 0.15) is 0 Å². The minimum atomic E-state index is -0.329. The van der Waals surface area contributed by atoms with Crippen LogP contribution >= 0.6 is 0 Å². The smallest absolute Gasteiger partial charge is 0.217 e. The Balaban J connectivity index is 1.44. The Morgan fingerprint density at radius 3 is 2.84 bits per heavy atom. The lowest BCUT2D eigenvalue weighted by Gasteiger charge is -2.33. The summed E-state index contributed by atoms with van der Waals surface area (Å²) in [4.78, 5) is 15.5. The van der Waals surface area contributed by atoms with Gasteiger partial charge >= 0.3 is 0 Å². The minimum absolute atomic E-state index is 0.0409. The third-order valence-electron chi connectivity index (χ3n) is 5.79. The van der Waals surface area contributed by atoms with Crippen LogP contribution in [0.2, 0.25) is 0 Å². The number of carbonyl (C=O) groups is 1. The van der Waals surface area contributed by atoms with Crippen LogP contribution in [0.1, 0.15) is 50.6 Å². The summed E-state index contributed by atoms with van der Waals surface area (Å²) in [5, 5.41) is 13.9. The molecule has 0 bridgehead atoms. The molecule has 2 atom stereocenters. The normalized spacial score (nSPS) is 25.9. The zero-order valence-electron chi connectivity index (χ0n) is 14.6. The van der Waals surface area contributed by atoms with Crippen molar-refractivity contribution in [1.82, 2.24) is 14.9 Å². The predicted molar refractivity (Wildman–Crippen MR) is 96.0 cm³/mol. The van der Waals surface area contributed by atoms with E-state index in [0.717, 1.165) is 37.8 Å². The molecule has 5 nitrogen and oxygen atoms in total. The number of benzene rings is 1. The molecule has 0 radical (unpaired) electrons. The minimum Gasteiger partial charge on any atom is -0.393 e. The van der Waals surface area contributed by atoms with Crippen LogP contribution in [0.5, 0.6) is 0 Å². The number of hydrogen-bond donors (Lipinski definition) is 2. The molecule has 1 aromatic carbocycles. The van der Waals surface area contributed by atoms with E-state index in [0.29, 0.717) is 5.92 Å². The number of rotatable bonds is 4. The van der Waals surface area contributed by atoms with Gasteiger partial charge in [0.25, 0.3) is 0 Å². The Labute approximate surface area is 148 Å². The first-order valence-electron chi connectivity index (χ1n) is 9.19. The van der Waals surface area contributed by atoms with Gasteiger partial charge in [-0.25, -0.2) is 4.98 Å². The number of carbonyl (C=O) groups excluding carboxylic acids is 1. The average Bonchev–Trinajstić information content (AvgIpc) is 3.18. The van der Waals surface area contributed by atoms with Crippen molar-refractivity contribution in [2.45, 2.75) is 57.2 Å². The number of aliphatic hydroxyl groups excluding tert-OH is 1. The van der Waals surface area contributed by atoms with Gasteiger partial charge in [0.2, 0.25) is 5.91 Å². The summed E-state index contributed by atoms with van der Waals surface area (Å²) >= 11 is 0. The maximum absolute atomic E-state index is 11.2. The summed E-state index contributed by atoms with van der Waals surface area (Å²) in [6, 6.07) is 8.85. The Morgan fingerprint density at radius 1 is 1.32 bits per heavy atom. The van der Waals surface area contributed by atoms with E-state index in [-0.39, 0.29) is 24.1 Å². The number of nitrogens with one attached hydrogen (secondary N) is 1. The highest BCUT2D eigenvalue weighted by Crippen LogP contribution is 2.42. The van der Waals surface area contributed by atoms with Gasteiger partial charge in [-0.2, -0.15) is 0 Å². The highest BCUT2D eigenvalue weighted by atomic mass is 16.3. The fraction of sp³-hybridized carbons (Fsp3) is 0.500. The van der Waals surface area contributed by atoms with Gasteiger partial charge in [-0.3, -0.25) is 4.79 Å². The molecule has 25 heavy (non-hydrogen) atoms. The lowest BCUT2D eigenvalue weighted by molar-refractivity contribution is -0.120. The molecule has 2 unspecified atom stereocenters. The van der Waals surface area contributed by atoms with Crippen molar-refractivity contribution < 1.29 is 9.90 Å². The number of fused-ring (bicyclic) bond motifs is 3. The Morgan fingerprint density at radius 2 is 2.08 bits per heavy atom. The van der Waals surface area contributed by atoms with E-state index in [1.165, 1.54) is 11.1 Å². The van der Waals surface area contributed by atoms with Crippen LogP contribution < -0.4 is 5.32 Å². The van der Waals surface area contributed by atoms with E-state index in [9.17, 15) is 9.90 Å². The molecule has 2 heterocycles. The standard InChI is InChI=1S/C20H25N3O2/c1-13(24)22-15-8-6-14(7-9-15)20(25)10-18-16-4-2-3-5-17(16)19-11-21-12-23(18)19/h2-5,11-12,14-15,18,20,25H,6-10H2,1H3,(H,22,24). The van der Waals surface area contributed by atoms with Crippen molar-refractivity contribution in [2.24, 2.45) is 5.92 Å². The van der Waals surface area contributed by atoms with Crippen LogP contribution in [0.25, 0.3) is 11.3 Å². The van der Waals surface area contributed by atoms with Crippen molar-refractivity contribution in [2.75, 3.05) is 0 Å². The lowest BCUT2D eigenvalue weighted by atomic mass is 9.80. The molecule has 0 spiro atoms. The molecule has 1 aliphatic heterocycles. The first kappa shape index (κ1) is 16.3. The number of nitrogens with zero attached hydrogens (tertiary/aromatic N) is 2. The van der Waals surface area contributed by atoms with Gasteiger partial charge in [0.15, 0.2) is 0 Å². The average molecular weight is 339 g/mol. The van der Waals surface area contributed by atoms with Gasteiger partial charge in [-0.1, -0.05) is 24.3 Å². The first-order valence-corrected chi connectivity index (χ1v) is 9.19. The first-order chi connectivity index (χ1) is 12.1. The van der Waals surface area contributed by atoms with Crippen LogP contribution in [0.15, 0.2) is 36.8 Å². The highest BCUT2D eigenvalue weighted by Gasteiger charge is 2.33. The summed E-state index contributed by atoms with van der Waals surface area (Å²) < 4.78 is 2.19. The van der Waals surface area contributed by atoms with Crippen LogP contribution in [-0.4, -0.2) is 32.7 Å². The predicted octanol–water partition coefficient (Wildman–Crippen LogP) is 2.90. The quantitative estimate of drug-likeness (QED) is 0.900. The van der Waals surface area contributed by atoms with Gasteiger partial charge in [0.05, 0.1) is 30.4 Å². The summed E-state index contributed by atoms with van der Waals surface area (Å²) in [5.41, 5.74) is 3.65. The number of amides is 1. The summed E-state index contributed by atoms with van der Waals surface area (Å²) in [6.45, 7) is 1.57. The monoisotopic (exact) mass is 339 g/mol. The van der Waals surface area contributed by atoms with Crippen molar-refractivity contribution in [3.63, 3.8) is 0 Å². The molecule has 1 amide bonds. The number of hydrogen-bond acceptors (Lipinski definition) is 3. The van der Waals surface area contributed by atoms with Crippen molar-refractivity contribution >= 4 is 5.91 Å². The zero-order chi connectivity index (χ0) is 17.4. The third-order valence-corrected chi connectivity index (χ3v) is 5.79. The number of aliphatic hydroxyl groups is 1. The van der Waals surface area contributed by atoms with Crippen molar-refractivity contribution in [3.05, 3.63) is 42.4 Å².